The molecule has 0 fully saturated rings. The molecular weight excluding hydrogens is 308 g/mol. The van der Waals surface area contributed by atoms with Crippen LogP contribution in [0.25, 0.3) is 11.1 Å². The van der Waals surface area contributed by atoms with E-state index in [0.717, 1.165) is 16.8 Å². The summed E-state index contributed by atoms with van der Waals surface area (Å²) < 4.78 is 0. The molecule has 0 aliphatic carbocycles. The molecule has 1 aromatic carbocycles. The minimum atomic E-state index is -1.25. The summed E-state index contributed by atoms with van der Waals surface area (Å²) in [6.07, 6.45) is 6.23. The van der Waals surface area contributed by atoms with Crippen molar-refractivity contribution < 1.29 is 5.11 Å². The molecule has 0 amide bonds. The molecule has 3 heteroatoms. The number of nitrogens with two attached hydrogens (primary N) is 1. The molecule has 1 heterocycles. The highest BCUT2D eigenvalue weighted by Crippen LogP contribution is 2.41. The van der Waals surface area contributed by atoms with E-state index in [2.05, 4.69) is 23.7 Å². The standard InChI is InChI=1S/C22H28N2O/c1-5-10-17(3)22(25,16-23)21(4,6-2)20-14-13-19(15-24-20)18-11-8-7-9-12-18/h5,7-15,25H,3,6,16,23H2,1-2,4H3. The van der Waals surface area contributed by atoms with E-state index in [-0.39, 0.29) is 6.54 Å². The van der Waals surface area contributed by atoms with Crippen LogP contribution in [0, 0.1) is 0 Å². The summed E-state index contributed by atoms with van der Waals surface area (Å²) in [6.45, 7) is 10.1. The molecule has 2 rings (SSSR count). The van der Waals surface area contributed by atoms with Crippen LogP contribution in [0.1, 0.15) is 32.9 Å². The number of benzene rings is 1. The van der Waals surface area contributed by atoms with Gasteiger partial charge in [-0.3, -0.25) is 4.98 Å². The Hall–Kier alpha value is -2.23. The molecule has 0 spiro atoms. The van der Waals surface area contributed by atoms with Gasteiger partial charge in [-0.25, -0.2) is 0 Å². The van der Waals surface area contributed by atoms with Crippen molar-refractivity contribution in [2.75, 3.05) is 6.54 Å². The molecule has 0 aliphatic rings. The smallest absolute Gasteiger partial charge is 0.112 e. The Balaban J connectivity index is 2.46. The largest absolute Gasteiger partial charge is 0.383 e. The summed E-state index contributed by atoms with van der Waals surface area (Å²) in [5.41, 5.74) is 7.69. The summed E-state index contributed by atoms with van der Waals surface area (Å²) >= 11 is 0. The van der Waals surface area contributed by atoms with Crippen molar-refractivity contribution in [3.63, 3.8) is 0 Å². The van der Waals surface area contributed by atoms with Gasteiger partial charge in [-0.05, 0) is 30.5 Å². The summed E-state index contributed by atoms with van der Waals surface area (Å²) in [5, 5.41) is 11.4. The van der Waals surface area contributed by atoms with E-state index in [1.165, 1.54) is 0 Å². The molecule has 1 aromatic heterocycles. The molecule has 2 atom stereocenters. The zero-order valence-electron chi connectivity index (χ0n) is 15.4. The van der Waals surface area contributed by atoms with E-state index in [1.54, 1.807) is 0 Å². The Morgan fingerprint density at radius 3 is 2.36 bits per heavy atom. The number of nitrogens with zero attached hydrogens (tertiary/aromatic N) is 1. The summed E-state index contributed by atoms with van der Waals surface area (Å²) in [5.74, 6) is 0. The molecule has 2 aromatic rings. The number of rotatable bonds is 7. The van der Waals surface area contributed by atoms with E-state index in [0.29, 0.717) is 12.0 Å². The summed E-state index contributed by atoms with van der Waals surface area (Å²) in [4.78, 5) is 4.67. The SMILES string of the molecule is C=C(C=CC)C(O)(CN)C(C)(CC)c1ccc(-c2ccccc2)cn1. The van der Waals surface area contributed by atoms with Crippen molar-refractivity contribution in [3.8, 4) is 11.1 Å². The van der Waals surface area contributed by atoms with Crippen LogP contribution in [0.2, 0.25) is 0 Å². The highest BCUT2D eigenvalue weighted by atomic mass is 16.3. The fraction of sp³-hybridized carbons (Fsp3) is 0.318. The lowest BCUT2D eigenvalue weighted by molar-refractivity contribution is 0.00798. The fourth-order valence-corrected chi connectivity index (χ4v) is 3.26. The van der Waals surface area contributed by atoms with Crippen LogP contribution in [-0.4, -0.2) is 22.2 Å². The normalized spacial score (nSPS) is 16.4. The van der Waals surface area contributed by atoms with Crippen molar-refractivity contribution in [3.05, 3.63) is 78.7 Å². The first-order valence-electron chi connectivity index (χ1n) is 8.69. The summed E-state index contributed by atoms with van der Waals surface area (Å²) in [7, 11) is 0. The van der Waals surface area contributed by atoms with Gasteiger partial charge in [-0.15, -0.1) is 0 Å². The van der Waals surface area contributed by atoms with Crippen molar-refractivity contribution in [1.29, 1.82) is 0 Å². The van der Waals surface area contributed by atoms with Gasteiger partial charge < -0.3 is 10.8 Å². The zero-order chi connectivity index (χ0) is 18.5. The molecule has 3 nitrogen and oxygen atoms in total. The van der Waals surface area contributed by atoms with Gasteiger partial charge in [0.1, 0.15) is 5.60 Å². The molecule has 0 radical (unpaired) electrons. The van der Waals surface area contributed by atoms with E-state index in [9.17, 15) is 5.11 Å². The molecule has 0 aliphatic heterocycles. The van der Waals surface area contributed by atoms with Gasteiger partial charge in [0.25, 0.3) is 0 Å². The third-order valence-electron chi connectivity index (χ3n) is 5.25. The Labute approximate surface area is 150 Å². The van der Waals surface area contributed by atoms with Crippen LogP contribution in [0.5, 0.6) is 0 Å². The van der Waals surface area contributed by atoms with Crippen molar-refractivity contribution in [2.45, 2.75) is 38.2 Å². The van der Waals surface area contributed by atoms with Crippen LogP contribution in [-0.2, 0) is 5.41 Å². The van der Waals surface area contributed by atoms with Gasteiger partial charge in [-0.1, -0.05) is 69.0 Å². The first-order chi connectivity index (χ1) is 11.9. The number of hydrogen-bond donors (Lipinski definition) is 2. The number of aromatic nitrogens is 1. The molecular formula is C22H28N2O. The predicted octanol–water partition coefficient (Wildman–Crippen LogP) is 4.24. The van der Waals surface area contributed by atoms with Crippen LogP contribution in [0.3, 0.4) is 0 Å². The Morgan fingerprint density at radius 2 is 1.88 bits per heavy atom. The molecule has 0 saturated carbocycles. The third kappa shape index (κ3) is 3.44. The second-order valence-electron chi connectivity index (χ2n) is 6.57. The van der Waals surface area contributed by atoms with Crippen LogP contribution >= 0.6 is 0 Å². The number of allylic oxidation sites excluding steroid dienone is 1. The Bertz CT molecular complexity index is 736. The predicted molar refractivity (Wildman–Crippen MR) is 105 cm³/mol. The number of aliphatic hydroxyl groups is 1. The Kier molecular flexibility index (Phi) is 5.93. The van der Waals surface area contributed by atoms with Crippen molar-refractivity contribution in [1.82, 2.24) is 4.98 Å². The quantitative estimate of drug-likeness (QED) is 0.744. The second-order valence-corrected chi connectivity index (χ2v) is 6.57. The minimum absolute atomic E-state index is 0.0859. The first-order valence-corrected chi connectivity index (χ1v) is 8.69. The highest BCUT2D eigenvalue weighted by molar-refractivity contribution is 5.62. The third-order valence-corrected chi connectivity index (χ3v) is 5.25. The van der Waals surface area contributed by atoms with Gasteiger partial charge in [-0.2, -0.15) is 0 Å². The molecule has 0 bridgehead atoms. The number of pyridine rings is 1. The van der Waals surface area contributed by atoms with Crippen LogP contribution < -0.4 is 5.73 Å². The average Bonchev–Trinajstić information content (AvgIpc) is 2.67. The minimum Gasteiger partial charge on any atom is -0.383 e. The van der Waals surface area contributed by atoms with E-state index in [1.807, 2.05) is 69.5 Å². The maximum Gasteiger partial charge on any atom is 0.112 e. The molecule has 2 unspecified atom stereocenters. The maximum absolute atomic E-state index is 11.4. The van der Waals surface area contributed by atoms with Crippen molar-refractivity contribution in [2.24, 2.45) is 5.73 Å². The lowest BCUT2D eigenvalue weighted by atomic mass is 9.65. The van der Waals surface area contributed by atoms with Gasteiger partial charge >= 0.3 is 0 Å². The topological polar surface area (TPSA) is 59.1 Å². The van der Waals surface area contributed by atoms with E-state index < -0.39 is 11.0 Å². The molecule has 0 saturated heterocycles. The lowest BCUT2D eigenvalue weighted by Gasteiger charge is -2.44. The Morgan fingerprint density at radius 1 is 1.20 bits per heavy atom. The van der Waals surface area contributed by atoms with Crippen molar-refractivity contribution >= 4 is 0 Å². The van der Waals surface area contributed by atoms with Gasteiger partial charge in [0, 0.05) is 29.4 Å². The van der Waals surface area contributed by atoms with Crippen LogP contribution in [0.15, 0.2) is 73.0 Å². The highest BCUT2D eigenvalue weighted by Gasteiger charge is 2.48. The fourth-order valence-electron chi connectivity index (χ4n) is 3.26. The number of hydrogen-bond acceptors (Lipinski definition) is 3. The monoisotopic (exact) mass is 336 g/mol. The maximum atomic E-state index is 11.4. The van der Waals surface area contributed by atoms with Crippen LogP contribution in [0.4, 0.5) is 0 Å². The first kappa shape index (κ1) is 19.1. The molecule has 132 valence electrons. The van der Waals surface area contributed by atoms with Gasteiger partial charge in [0.15, 0.2) is 0 Å². The molecule has 25 heavy (non-hydrogen) atoms. The van der Waals surface area contributed by atoms with E-state index >= 15 is 0 Å². The van der Waals surface area contributed by atoms with Gasteiger partial charge in [0.2, 0.25) is 0 Å². The zero-order valence-corrected chi connectivity index (χ0v) is 15.4. The summed E-state index contributed by atoms with van der Waals surface area (Å²) in [6, 6.07) is 14.1. The average molecular weight is 336 g/mol. The lowest BCUT2D eigenvalue weighted by Crippen LogP contribution is -2.55. The second kappa shape index (κ2) is 7.77. The molecule has 3 N–H and O–H groups in total. The van der Waals surface area contributed by atoms with E-state index in [4.69, 9.17) is 5.73 Å². The van der Waals surface area contributed by atoms with Gasteiger partial charge in [0.05, 0.1) is 0 Å².